The first-order chi connectivity index (χ1) is 9.78. The van der Waals surface area contributed by atoms with Crippen LogP contribution in [0.25, 0.3) is 0 Å². The SMILES string of the molecule is CCCC(=O)N1CCC(C(=O)N(CC)CC(C)(C)O)CC1. The van der Waals surface area contributed by atoms with Crippen molar-refractivity contribution in [2.24, 2.45) is 5.92 Å². The van der Waals surface area contributed by atoms with Crippen molar-refractivity contribution in [3.05, 3.63) is 0 Å². The number of carbonyl (C=O) groups excluding carboxylic acids is 2. The molecule has 0 bridgehead atoms. The van der Waals surface area contributed by atoms with E-state index in [1.54, 1.807) is 18.7 Å². The van der Waals surface area contributed by atoms with E-state index >= 15 is 0 Å². The van der Waals surface area contributed by atoms with E-state index in [1.807, 2.05) is 18.7 Å². The lowest BCUT2D eigenvalue weighted by atomic mass is 9.94. The van der Waals surface area contributed by atoms with Crippen LogP contribution in [0.1, 0.15) is 53.4 Å². The zero-order chi connectivity index (χ0) is 16.0. The number of amides is 2. The summed E-state index contributed by atoms with van der Waals surface area (Å²) in [5.74, 6) is 0.299. The van der Waals surface area contributed by atoms with Crippen molar-refractivity contribution < 1.29 is 14.7 Å². The highest BCUT2D eigenvalue weighted by Gasteiger charge is 2.31. The van der Waals surface area contributed by atoms with Crippen LogP contribution in [-0.2, 0) is 9.59 Å². The number of likely N-dealkylation sites (tertiary alicyclic amines) is 1. The fraction of sp³-hybridized carbons (Fsp3) is 0.875. The maximum atomic E-state index is 12.5. The zero-order valence-electron chi connectivity index (χ0n) is 13.9. The minimum absolute atomic E-state index is 0.0158. The normalized spacial score (nSPS) is 16.9. The number of aliphatic hydroxyl groups is 1. The molecule has 1 aliphatic rings. The van der Waals surface area contributed by atoms with E-state index in [1.165, 1.54) is 0 Å². The molecular weight excluding hydrogens is 268 g/mol. The van der Waals surface area contributed by atoms with Gasteiger partial charge in [0.25, 0.3) is 0 Å². The van der Waals surface area contributed by atoms with Crippen LogP contribution in [0.5, 0.6) is 0 Å². The number of carbonyl (C=O) groups is 2. The van der Waals surface area contributed by atoms with Crippen LogP contribution in [0.3, 0.4) is 0 Å². The summed E-state index contributed by atoms with van der Waals surface area (Å²) in [6, 6.07) is 0. The molecule has 0 aromatic carbocycles. The third-order valence-electron chi connectivity index (χ3n) is 3.93. The second-order valence-electron chi connectivity index (χ2n) is 6.57. The summed E-state index contributed by atoms with van der Waals surface area (Å²) in [6.07, 6.45) is 2.93. The monoisotopic (exact) mass is 298 g/mol. The molecule has 0 spiro atoms. The Morgan fingerprint density at radius 2 is 1.81 bits per heavy atom. The first kappa shape index (κ1) is 18.0. The van der Waals surface area contributed by atoms with E-state index in [9.17, 15) is 14.7 Å². The number of nitrogens with zero attached hydrogens (tertiary/aromatic N) is 2. The first-order valence-corrected chi connectivity index (χ1v) is 8.07. The average Bonchev–Trinajstić information content (AvgIpc) is 2.43. The van der Waals surface area contributed by atoms with Crippen molar-refractivity contribution in [2.45, 2.75) is 59.0 Å². The van der Waals surface area contributed by atoms with Crippen molar-refractivity contribution in [2.75, 3.05) is 26.2 Å². The van der Waals surface area contributed by atoms with E-state index in [4.69, 9.17) is 0 Å². The van der Waals surface area contributed by atoms with Gasteiger partial charge in [0, 0.05) is 38.5 Å². The minimum atomic E-state index is -0.872. The van der Waals surface area contributed by atoms with Gasteiger partial charge in [0.2, 0.25) is 11.8 Å². The minimum Gasteiger partial charge on any atom is -0.389 e. The first-order valence-electron chi connectivity index (χ1n) is 8.07. The second kappa shape index (κ2) is 7.78. The Labute approximate surface area is 128 Å². The number of rotatable bonds is 6. The second-order valence-corrected chi connectivity index (χ2v) is 6.57. The average molecular weight is 298 g/mol. The molecule has 5 nitrogen and oxygen atoms in total. The largest absolute Gasteiger partial charge is 0.389 e. The van der Waals surface area contributed by atoms with Crippen molar-refractivity contribution in [3.63, 3.8) is 0 Å². The summed E-state index contributed by atoms with van der Waals surface area (Å²) in [4.78, 5) is 28.0. The smallest absolute Gasteiger partial charge is 0.225 e. The predicted octanol–water partition coefficient (Wildman–Crippen LogP) is 1.64. The highest BCUT2D eigenvalue weighted by Crippen LogP contribution is 2.21. The Morgan fingerprint density at radius 1 is 1.24 bits per heavy atom. The quantitative estimate of drug-likeness (QED) is 0.811. The molecule has 0 radical (unpaired) electrons. The number of hydrogen-bond donors (Lipinski definition) is 1. The summed E-state index contributed by atoms with van der Waals surface area (Å²) >= 11 is 0. The fourth-order valence-electron chi connectivity index (χ4n) is 2.82. The van der Waals surface area contributed by atoms with Crippen LogP contribution in [-0.4, -0.2) is 58.5 Å². The molecule has 1 aliphatic heterocycles. The molecule has 0 atom stereocenters. The molecule has 0 aromatic rings. The molecule has 122 valence electrons. The zero-order valence-corrected chi connectivity index (χ0v) is 13.9. The van der Waals surface area contributed by atoms with Gasteiger partial charge in [0.15, 0.2) is 0 Å². The molecule has 1 rings (SSSR count). The Bertz CT molecular complexity index is 355. The van der Waals surface area contributed by atoms with Crippen LogP contribution >= 0.6 is 0 Å². The standard InChI is InChI=1S/C16H30N2O3/c1-5-7-14(19)18-10-8-13(9-11-18)15(20)17(6-2)12-16(3,4)21/h13,21H,5-12H2,1-4H3. The topological polar surface area (TPSA) is 60.9 Å². The Kier molecular flexibility index (Phi) is 6.65. The van der Waals surface area contributed by atoms with E-state index < -0.39 is 5.60 Å². The van der Waals surface area contributed by atoms with Gasteiger partial charge in [-0.25, -0.2) is 0 Å². The number of piperidine rings is 1. The Morgan fingerprint density at radius 3 is 2.24 bits per heavy atom. The summed E-state index contributed by atoms with van der Waals surface area (Å²) in [7, 11) is 0. The van der Waals surface area contributed by atoms with Crippen LogP contribution < -0.4 is 0 Å². The summed E-state index contributed by atoms with van der Waals surface area (Å²) in [6.45, 7) is 9.69. The lowest BCUT2D eigenvalue weighted by Gasteiger charge is -2.35. The highest BCUT2D eigenvalue weighted by atomic mass is 16.3. The fourth-order valence-corrected chi connectivity index (χ4v) is 2.82. The van der Waals surface area contributed by atoms with Crippen molar-refractivity contribution in [1.82, 2.24) is 9.80 Å². The third kappa shape index (κ3) is 5.65. The van der Waals surface area contributed by atoms with E-state index in [-0.39, 0.29) is 17.7 Å². The van der Waals surface area contributed by atoms with Gasteiger partial charge in [-0.15, -0.1) is 0 Å². The molecule has 1 fully saturated rings. The maximum Gasteiger partial charge on any atom is 0.225 e. The molecule has 5 heteroatoms. The molecule has 1 heterocycles. The van der Waals surface area contributed by atoms with Gasteiger partial charge in [-0.2, -0.15) is 0 Å². The molecule has 0 saturated carbocycles. The van der Waals surface area contributed by atoms with Gasteiger partial charge in [-0.05, 0) is 40.0 Å². The maximum absolute atomic E-state index is 12.5. The number of hydrogen-bond acceptors (Lipinski definition) is 3. The molecule has 2 amide bonds. The summed E-state index contributed by atoms with van der Waals surface area (Å²) in [5.41, 5.74) is -0.872. The molecule has 1 N–H and O–H groups in total. The Hall–Kier alpha value is -1.10. The summed E-state index contributed by atoms with van der Waals surface area (Å²) < 4.78 is 0. The van der Waals surface area contributed by atoms with Crippen molar-refractivity contribution in [1.29, 1.82) is 0 Å². The van der Waals surface area contributed by atoms with Crippen LogP contribution in [0.15, 0.2) is 0 Å². The lowest BCUT2D eigenvalue weighted by molar-refractivity contribution is -0.142. The van der Waals surface area contributed by atoms with Gasteiger partial charge in [-0.1, -0.05) is 6.92 Å². The summed E-state index contributed by atoms with van der Waals surface area (Å²) in [5, 5.41) is 9.89. The van der Waals surface area contributed by atoms with E-state index in [0.29, 0.717) is 32.6 Å². The molecule has 0 aromatic heterocycles. The van der Waals surface area contributed by atoms with Crippen LogP contribution in [0, 0.1) is 5.92 Å². The van der Waals surface area contributed by atoms with Crippen LogP contribution in [0.4, 0.5) is 0 Å². The molecule has 21 heavy (non-hydrogen) atoms. The van der Waals surface area contributed by atoms with Gasteiger partial charge in [-0.3, -0.25) is 9.59 Å². The van der Waals surface area contributed by atoms with Gasteiger partial charge in [0.05, 0.1) is 5.60 Å². The van der Waals surface area contributed by atoms with Gasteiger partial charge < -0.3 is 14.9 Å². The third-order valence-corrected chi connectivity index (χ3v) is 3.93. The van der Waals surface area contributed by atoms with Crippen LogP contribution in [0.2, 0.25) is 0 Å². The predicted molar refractivity (Wildman–Crippen MR) is 82.8 cm³/mol. The van der Waals surface area contributed by atoms with Gasteiger partial charge in [0.1, 0.15) is 0 Å². The van der Waals surface area contributed by atoms with E-state index in [2.05, 4.69) is 0 Å². The van der Waals surface area contributed by atoms with Crippen molar-refractivity contribution >= 4 is 11.8 Å². The number of likely N-dealkylation sites (N-methyl/N-ethyl adjacent to an activating group) is 1. The molecule has 0 aliphatic carbocycles. The van der Waals surface area contributed by atoms with Crippen molar-refractivity contribution in [3.8, 4) is 0 Å². The highest BCUT2D eigenvalue weighted by molar-refractivity contribution is 5.80. The lowest BCUT2D eigenvalue weighted by Crippen LogP contribution is -2.48. The molecular formula is C16H30N2O3. The molecule has 0 unspecified atom stereocenters. The van der Waals surface area contributed by atoms with Gasteiger partial charge >= 0.3 is 0 Å². The van der Waals surface area contributed by atoms with E-state index in [0.717, 1.165) is 19.3 Å². The molecule has 1 saturated heterocycles. The Balaban J connectivity index is 2.52.